The lowest BCUT2D eigenvalue weighted by Gasteiger charge is -2.21. The van der Waals surface area contributed by atoms with Crippen LogP contribution in [-0.2, 0) is 16.1 Å². The summed E-state index contributed by atoms with van der Waals surface area (Å²) < 4.78 is 4.92. The molecule has 0 saturated carbocycles. The first kappa shape index (κ1) is 14.7. The van der Waals surface area contributed by atoms with E-state index in [2.05, 4.69) is 0 Å². The van der Waals surface area contributed by atoms with E-state index in [-0.39, 0.29) is 5.91 Å². The number of ether oxygens (including phenoxy) is 1. The van der Waals surface area contributed by atoms with Crippen LogP contribution < -0.4 is 5.73 Å². The van der Waals surface area contributed by atoms with E-state index in [1.807, 2.05) is 31.2 Å². The quantitative estimate of drug-likeness (QED) is 0.828. The molecule has 1 aromatic rings. The van der Waals surface area contributed by atoms with Crippen LogP contribution in [-0.4, -0.2) is 37.6 Å². The number of hydrogen-bond donors (Lipinski definition) is 1. The average Bonchev–Trinajstić information content (AvgIpc) is 2.37. The fourth-order valence-corrected chi connectivity index (χ4v) is 1.70. The van der Waals surface area contributed by atoms with Gasteiger partial charge in [-0.25, -0.2) is 0 Å². The molecule has 0 spiro atoms. The summed E-state index contributed by atoms with van der Waals surface area (Å²) in [6.45, 7) is 3.13. The molecule has 0 fully saturated rings. The number of hydrogen-bond acceptors (Lipinski definition) is 3. The molecule has 4 nitrogen and oxygen atoms in total. The van der Waals surface area contributed by atoms with Crippen LogP contribution in [0.5, 0.6) is 0 Å². The Kier molecular flexibility index (Phi) is 5.82. The van der Waals surface area contributed by atoms with Gasteiger partial charge in [-0.15, -0.1) is 0 Å². The Morgan fingerprint density at radius 3 is 2.56 bits per heavy atom. The molecule has 2 N–H and O–H groups in total. The Labute approximate surface area is 109 Å². The number of benzene rings is 1. The lowest BCUT2D eigenvalue weighted by molar-refractivity contribution is -0.132. The van der Waals surface area contributed by atoms with E-state index in [0.717, 1.165) is 5.56 Å². The van der Waals surface area contributed by atoms with Crippen molar-refractivity contribution in [2.75, 3.05) is 20.8 Å². The van der Waals surface area contributed by atoms with Crippen LogP contribution >= 0.6 is 0 Å². The molecular formula is C14H22N2O2. The maximum absolute atomic E-state index is 12.0. The van der Waals surface area contributed by atoms with Gasteiger partial charge in [-0.05, 0) is 18.9 Å². The molecule has 1 rings (SSSR count). The summed E-state index contributed by atoms with van der Waals surface area (Å²) in [4.78, 5) is 13.6. The van der Waals surface area contributed by atoms with Crippen molar-refractivity contribution < 1.29 is 9.53 Å². The van der Waals surface area contributed by atoms with Gasteiger partial charge in [-0.2, -0.15) is 0 Å². The van der Waals surface area contributed by atoms with Gasteiger partial charge in [0, 0.05) is 27.3 Å². The third-order valence-corrected chi connectivity index (χ3v) is 2.87. The molecule has 1 aromatic carbocycles. The highest BCUT2D eigenvalue weighted by molar-refractivity contribution is 5.81. The number of amides is 1. The van der Waals surface area contributed by atoms with E-state index >= 15 is 0 Å². The Balaban J connectivity index is 2.51. The average molecular weight is 250 g/mol. The Hall–Kier alpha value is -1.39. The lowest BCUT2D eigenvalue weighted by Crippen LogP contribution is -2.42. The SMILES string of the molecule is COCCC(N)C(=O)N(C)Cc1ccc(C)cc1. The van der Waals surface area contributed by atoms with Gasteiger partial charge >= 0.3 is 0 Å². The van der Waals surface area contributed by atoms with Crippen molar-refractivity contribution in [3.05, 3.63) is 35.4 Å². The second kappa shape index (κ2) is 7.13. The van der Waals surface area contributed by atoms with Crippen LogP contribution in [0.4, 0.5) is 0 Å². The van der Waals surface area contributed by atoms with Crippen LogP contribution in [0.25, 0.3) is 0 Å². The minimum atomic E-state index is -0.486. The number of carbonyl (C=O) groups is 1. The first-order valence-electron chi connectivity index (χ1n) is 6.09. The highest BCUT2D eigenvalue weighted by Crippen LogP contribution is 2.07. The molecule has 100 valence electrons. The molecule has 0 aromatic heterocycles. The lowest BCUT2D eigenvalue weighted by atomic mass is 10.1. The highest BCUT2D eigenvalue weighted by Gasteiger charge is 2.17. The zero-order chi connectivity index (χ0) is 13.5. The summed E-state index contributed by atoms with van der Waals surface area (Å²) in [5.41, 5.74) is 8.13. The first-order chi connectivity index (χ1) is 8.54. The summed E-state index contributed by atoms with van der Waals surface area (Å²) in [5.74, 6) is -0.0485. The van der Waals surface area contributed by atoms with Gasteiger partial charge in [0.15, 0.2) is 0 Å². The Morgan fingerprint density at radius 1 is 1.39 bits per heavy atom. The molecule has 0 aliphatic heterocycles. The molecule has 4 heteroatoms. The summed E-state index contributed by atoms with van der Waals surface area (Å²) in [7, 11) is 3.38. The number of nitrogens with two attached hydrogens (primary N) is 1. The standard InChI is InChI=1S/C14H22N2O2/c1-11-4-6-12(7-5-11)10-16(2)14(17)13(15)8-9-18-3/h4-7,13H,8-10,15H2,1-3H3. The molecule has 0 bridgehead atoms. The van der Waals surface area contributed by atoms with Crippen LogP contribution in [0.15, 0.2) is 24.3 Å². The molecule has 0 radical (unpaired) electrons. The van der Waals surface area contributed by atoms with Gasteiger partial charge < -0.3 is 15.4 Å². The smallest absolute Gasteiger partial charge is 0.239 e. The van der Waals surface area contributed by atoms with Gasteiger partial charge in [-0.3, -0.25) is 4.79 Å². The van der Waals surface area contributed by atoms with E-state index in [4.69, 9.17) is 10.5 Å². The van der Waals surface area contributed by atoms with Crippen LogP contribution in [0.2, 0.25) is 0 Å². The van der Waals surface area contributed by atoms with Crippen LogP contribution in [0.1, 0.15) is 17.5 Å². The summed E-state index contributed by atoms with van der Waals surface area (Å²) in [6.07, 6.45) is 0.549. The molecule has 1 unspecified atom stereocenters. The third-order valence-electron chi connectivity index (χ3n) is 2.87. The molecule has 18 heavy (non-hydrogen) atoms. The van der Waals surface area contributed by atoms with Crippen molar-refractivity contribution in [3.63, 3.8) is 0 Å². The minimum Gasteiger partial charge on any atom is -0.385 e. The Bertz CT molecular complexity index is 376. The Morgan fingerprint density at radius 2 is 2.00 bits per heavy atom. The van der Waals surface area contributed by atoms with Crippen molar-refractivity contribution in [3.8, 4) is 0 Å². The molecule has 0 aliphatic rings. The monoisotopic (exact) mass is 250 g/mol. The number of likely N-dealkylation sites (N-methyl/N-ethyl adjacent to an activating group) is 1. The number of aryl methyl sites for hydroxylation is 1. The summed E-state index contributed by atoms with van der Waals surface area (Å²) >= 11 is 0. The highest BCUT2D eigenvalue weighted by atomic mass is 16.5. The predicted molar refractivity (Wildman–Crippen MR) is 72.1 cm³/mol. The minimum absolute atomic E-state index is 0.0485. The number of carbonyl (C=O) groups excluding carboxylic acids is 1. The van der Waals surface area contributed by atoms with Crippen molar-refractivity contribution in [1.29, 1.82) is 0 Å². The molecule has 1 amide bonds. The van der Waals surface area contributed by atoms with E-state index in [1.165, 1.54) is 5.56 Å². The molecular weight excluding hydrogens is 228 g/mol. The number of methoxy groups -OCH3 is 1. The third kappa shape index (κ3) is 4.47. The van der Waals surface area contributed by atoms with Crippen LogP contribution in [0.3, 0.4) is 0 Å². The van der Waals surface area contributed by atoms with Gasteiger partial charge in [0.25, 0.3) is 0 Å². The summed E-state index contributed by atoms with van der Waals surface area (Å²) in [6, 6.07) is 7.65. The maximum atomic E-state index is 12.0. The largest absolute Gasteiger partial charge is 0.385 e. The first-order valence-corrected chi connectivity index (χ1v) is 6.09. The normalized spacial score (nSPS) is 12.2. The van der Waals surface area contributed by atoms with Gasteiger partial charge in [0.1, 0.15) is 0 Å². The second-order valence-corrected chi connectivity index (χ2v) is 4.57. The molecule has 0 heterocycles. The second-order valence-electron chi connectivity index (χ2n) is 4.57. The van der Waals surface area contributed by atoms with Crippen molar-refractivity contribution >= 4 is 5.91 Å². The zero-order valence-electron chi connectivity index (χ0n) is 11.3. The molecule has 0 aliphatic carbocycles. The van der Waals surface area contributed by atoms with Gasteiger partial charge in [0.2, 0.25) is 5.91 Å². The topological polar surface area (TPSA) is 55.6 Å². The van der Waals surface area contributed by atoms with E-state index < -0.39 is 6.04 Å². The van der Waals surface area contributed by atoms with Gasteiger partial charge in [-0.1, -0.05) is 29.8 Å². The molecule has 1 atom stereocenters. The van der Waals surface area contributed by atoms with Crippen molar-refractivity contribution in [2.24, 2.45) is 5.73 Å². The fourth-order valence-electron chi connectivity index (χ4n) is 1.70. The number of rotatable bonds is 6. The van der Waals surface area contributed by atoms with Gasteiger partial charge in [0.05, 0.1) is 6.04 Å². The maximum Gasteiger partial charge on any atom is 0.239 e. The van der Waals surface area contributed by atoms with E-state index in [9.17, 15) is 4.79 Å². The predicted octanol–water partition coefficient (Wildman–Crippen LogP) is 1.32. The molecule has 0 saturated heterocycles. The van der Waals surface area contributed by atoms with Crippen LogP contribution in [0, 0.1) is 6.92 Å². The zero-order valence-corrected chi connectivity index (χ0v) is 11.3. The van der Waals surface area contributed by atoms with E-state index in [0.29, 0.717) is 19.6 Å². The van der Waals surface area contributed by atoms with Crippen molar-refractivity contribution in [1.82, 2.24) is 4.90 Å². The fraction of sp³-hybridized carbons (Fsp3) is 0.500. The summed E-state index contributed by atoms with van der Waals surface area (Å²) in [5, 5.41) is 0. The number of nitrogens with zero attached hydrogens (tertiary/aromatic N) is 1. The van der Waals surface area contributed by atoms with Crippen molar-refractivity contribution in [2.45, 2.75) is 25.9 Å². The van der Waals surface area contributed by atoms with E-state index in [1.54, 1.807) is 19.1 Å².